The second-order valence-corrected chi connectivity index (χ2v) is 7.53. The summed E-state index contributed by atoms with van der Waals surface area (Å²) in [5.41, 5.74) is 2.37. The monoisotopic (exact) mass is 440 g/mol. The molecule has 0 spiro atoms. The standard InChI is InChI=1S/C22H17ClN2O4S/c1-27-18-7-6-13(11-20(18)28-2)16-12-30-22(24-16)25-21(26)19-9-8-17(29-19)14-4-3-5-15(23)10-14/h3-12H,1-2H3,(H,24,25,26). The van der Waals surface area contributed by atoms with Gasteiger partial charge in [0.05, 0.1) is 19.9 Å². The van der Waals surface area contributed by atoms with Crippen LogP contribution < -0.4 is 14.8 Å². The largest absolute Gasteiger partial charge is 0.493 e. The first kappa shape index (κ1) is 20.0. The van der Waals surface area contributed by atoms with Crippen LogP contribution in [0.3, 0.4) is 0 Å². The van der Waals surface area contributed by atoms with Gasteiger partial charge in [0.2, 0.25) is 0 Å². The Kier molecular flexibility index (Phi) is 5.74. The number of thiazole rings is 1. The Morgan fingerprint density at radius 3 is 2.63 bits per heavy atom. The van der Waals surface area contributed by atoms with Crippen LogP contribution in [0, 0.1) is 0 Å². The normalized spacial score (nSPS) is 10.6. The van der Waals surface area contributed by atoms with E-state index < -0.39 is 0 Å². The maximum Gasteiger partial charge on any atom is 0.293 e. The maximum atomic E-state index is 12.6. The topological polar surface area (TPSA) is 73.6 Å². The molecule has 2 aromatic carbocycles. The van der Waals surface area contributed by atoms with E-state index in [0.717, 1.165) is 16.8 Å². The van der Waals surface area contributed by atoms with E-state index in [9.17, 15) is 4.79 Å². The van der Waals surface area contributed by atoms with E-state index in [-0.39, 0.29) is 11.7 Å². The van der Waals surface area contributed by atoms with Crippen LogP contribution in [0.15, 0.2) is 64.4 Å². The van der Waals surface area contributed by atoms with E-state index in [1.165, 1.54) is 11.3 Å². The second-order valence-electron chi connectivity index (χ2n) is 6.24. The van der Waals surface area contributed by atoms with Gasteiger partial charge in [-0.1, -0.05) is 23.7 Å². The molecule has 1 amide bonds. The van der Waals surface area contributed by atoms with Gasteiger partial charge in [-0.25, -0.2) is 4.98 Å². The molecule has 0 aliphatic rings. The number of ether oxygens (including phenoxy) is 2. The molecule has 152 valence electrons. The van der Waals surface area contributed by atoms with Gasteiger partial charge in [-0.05, 0) is 42.5 Å². The minimum absolute atomic E-state index is 0.188. The molecule has 2 heterocycles. The van der Waals surface area contributed by atoms with Gasteiger partial charge in [0.1, 0.15) is 5.76 Å². The Morgan fingerprint density at radius 1 is 1.03 bits per heavy atom. The number of anilines is 1. The number of nitrogens with zero attached hydrogens (tertiary/aromatic N) is 1. The molecule has 0 aliphatic carbocycles. The van der Waals surface area contributed by atoms with Crippen molar-refractivity contribution in [1.29, 1.82) is 0 Å². The molecular formula is C22H17ClN2O4S. The van der Waals surface area contributed by atoms with Crippen LogP contribution in [-0.2, 0) is 0 Å². The van der Waals surface area contributed by atoms with Crippen LogP contribution in [-0.4, -0.2) is 25.1 Å². The average molecular weight is 441 g/mol. The zero-order valence-corrected chi connectivity index (χ0v) is 17.7. The highest BCUT2D eigenvalue weighted by atomic mass is 35.5. The molecule has 2 aromatic heterocycles. The summed E-state index contributed by atoms with van der Waals surface area (Å²) in [5, 5.41) is 5.69. The van der Waals surface area contributed by atoms with E-state index in [1.807, 2.05) is 35.7 Å². The number of furan rings is 1. The molecule has 6 nitrogen and oxygen atoms in total. The van der Waals surface area contributed by atoms with Crippen molar-refractivity contribution in [3.05, 3.63) is 70.8 Å². The second kappa shape index (κ2) is 8.61. The van der Waals surface area contributed by atoms with Gasteiger partial charge in [-0.3, -0.25) is 10.1 Å². The first-order valence-corrected chi connectivity index (χ1v) is 10.2. The highest BCUT2D eigenvalue weighted by Crippen LogP contribution is 2.33. The van der Waals surface area contributed by atoms with Crippen molar-refractivity contribution < 1.29 is 18.7 Å². The number of aromatic nitrogens is 1. The zero-order chi connectivity index (χ0) is 21.1. The Hall–Kier alpha value is -3.29. The Labute approximate surface area is 182 Å². The molecule has 4 aromatic rings. The fraction of sp³-hybridized carbons (Fsp3) is 0.0909. The van der Waals surface area contributed by atoms with Crippen molar-refractivity contribution in [3.8, 4) is 34.1 Å². The molecule has 0 fully saturated rings. The van der Waals surface area contributed by atoms with E-state index in [1.54, 1.807) is 38.5 Å². The molecule has 0 saturated heterocycles. The van der Waals surface area contributed by atoms with E-state index in [4.69, 9.17) is 25.5 Å². The van der Waals surface area contributed by atoms with Crippen molar-refractivity contribution in [3.63, 3.8) is 0 Å². The molecule has 0 radical (unpaired) electrons. The number of halogens is 1. The summed E-state index contributed by atoms with van der Waals surface area (Å²) in [6, 6.07) is 16.1. The highest BCUT2D eigenvalue weighted by Gasteiger charge is 2.15. The SMILES string of the molecule is COc1ccc(-c2csc(NC(=O)c3ccc(-c4cccc(Cl)c4)o3)n2)cc1OC. The summed E-state index contributed by atoms with van der Waals surface area (Å²) in [4.78, 5) is 17.0. The number of carbonyl (C=O) groups excluding carboxylic acids is 1. The molecule has 0 aliphatic heterocycles. The molecule has 0 bridgehead atoms. The molecule has 1 N–H and O–H groups in total. The lowest BCUT2D eigenvalue weighted by Crippen LogP contribution is -2.10. The fourth-order valence-electron chi connectivity index (χ4n) is 2.87. The third-order valence-electron chi connectivity index (χ3n) is 4.34. The molecule has 0 atom stereocenters. The summed E-state index contributed by atoms with van der Waals surface area (Å²) in [6.45, 7) is 0. The number of rotatable bonds is 6. The lowest BCUT2D eigenvalue weighted by atomic mass is 10.1. The van der Waals surface area contributed by atoms with E-state index >= 15 is 0 Å². The first-order chi connectivity index (χ1) is 14.6. The van der Waals surface area contributed by atoms with Gasteiger partial charge in [0, 0.05) is 21.5 Å². The van der Waals surface area contributed by atoms with Crippen LogP contribution >= 0.6 is 22.9 Å². The number of carbonyl (C=O) groups is 1. The van der Waals surface area contributed by atoms with Crippen molar-refractivity contribution in [2.45, 2.75) is 0 Å². The fourth-order valence-corrected chi connectivity index (χ4v) is 3.78. The number of hydrogen-bond acceptors (Lipinski definition) is 6. The minimum atomic E-state index is -0.378. The quantitative estimate of drug-likeness (QED) is 0.398. The zero-order valence-electron chi connectivity index (χ0n) is 16.1. The van der Waals surface area contributed by atoms with Gasteiger partial charge < -0.3 is 13.9 Å². The predicted molar refractivity (Wildman–Crippen MR) is 118 cm³/mol. The summed E-state index contributed by atoms with van der Waals surface area (Å²) >= 11 is 7.34. The number of methoxy groups -OCH3 is 2. The van der Waals surface area contributed by atoms with Crippen molar-refractivity contribution in [2.24, 2.45) is 0 Å². The van der Waals surface area contributed by atoms with Gasteiger partial charge >= 0.3 is 0 Å². The van der Waals surface area contributed by atoms with E-state index in [2.05, 4.69) is 10.3 Å². The minimum Gasteiger partial charge on any atom is -0.493 e. The molecule has 8 heteroatoms. The van der Waals surface area contributed by atoms with Gasteiger partial charge in [-0.2, -0.15) is 0 Å². The number of benzene rings is 2. The summed E-state index contributed by atoms with van der Waals surface area (Å²) in [6.07, 6.45) is 0. The third kappa shape index (κ3) is 4.17. The van der Waals surface area contributed by atoms with Crippen molar-refractivity contribution in [2.75, 3.05) is 19.5 Å². The average Bonchev–Trinajstić information content (AvgIpc) is 3.43. The Bertz CT molecular complexity index is 1200. The van der Waals surface area contributed by atoms with Gasteiger partial charge in [0.25, 0.3) is 5.91 Å². The van der Waals surface area contributed by atoms with Crippen LogP contribution in [0.2, 0.25) is 5.02 Å². The van der Waals surface area contributed by atoms with Crippen molar-refractivity contribution in [1.82, 2.24) is 4.98 Å². The van der Waals surface area contributed by atoms with E-state index in [0.29, 0.717) is 27.4 Å². The summed E-state index contributed by atoms with van der Waals surface area (Å²) in [7, 11) is 3.16. The number of hydrogen-bond donors (Lipinski definition) is 1. The van der Waals surface area contributed by atoms with Crippen LogP contribution in [0.1, 0.15) is 10.6 Å². The summed E-state index contributed by atoms with van der Waals surface area (Å²) < 4.78 is 16.3. The molecule has 0 unspecified atom stereocenters. The van der Waals surface area contributed by atoms with Crippen LogP contribution in [0.4, 0.5) is 5.13 Å². The first-order valence-electron chi connectivity index (χ1n) is 8.92. The summed E-state index contributed by atoms with van der Waals surface area (Å²) in [5.74, 6) is 1.62. The molecular weight excluding hydrogens is 424 g/mol. The van der Waals surface area contributed by atoms with Crippen LogP contribution in [0.25, 0.3) is 22.6 Å². The molecule has 30 heavy (non-hydrogen) atoms. The lowest BCUT2D eigenvalue weighted by molar-refractivity contribution is 0.0997. The maximum absolute atomic E-state index is 12.6. The molecule has 4 rings (SSSR count). The third-order valence-corrected chi connectivity index (χ3v) is 5.34. The van der Waals surface area contributed by atoms with Gasteiger partial charge in [-0.15, -0.1) is 11.3 Å². The molecule has 0 saturated carbocycles. The Balaban J connectivity index is 1.50. The smallest absolute Gasteiger partial charge is 0.293 e. The van der Waals surface area contributed by atoms with Crippen LogP contribution in [0.5, 0.6) is 11.5 Å². The Morgan fingerprint density at radius 2 is 1.87 bits per heavy atom. The lowest BCUT2D eigenvalue weighted by Gasteiger charge is -2.08. The van der Waals surface area contributed by atoms with Crippen molar-refractivity contribution >= 4 is 34.0 Å². The number of amides is 1. The number of nitrogens with one attached hydrogen (secondary N) is 1. The van der Waals surface area contributed by atoms with Gasteiger partial charge in [0.15, 0.2) is 22.4 Å². The highest BCUT2D eigenvalue weighted by molar-refractivity contribution is 7.14. The predicted octanol–water partition coefficient (Wildman–Crippen LogP) is 5.99.